The minimum atomic E-state index is 0.647. The molecule has 19 heavy (non-hydrogen) atoms. The maximum absolute atomic E-state index is 2.60. The highest BCUT2D eigenvalue weighted by Crippen LogP contribution is 2.16. The van der Waals surface area contributed by atoms with Gasteiger partial charge in [0, 0.05) is 0 Å². The largest absolute Gasteiger partial charge is 0.303 e. The molecule has 1 heteroatoms. The Labute approximate surface area is 120 Å². The third-order valence-electron chi connectivity index (χ3n) is 3.78. The number of likely N-dealkylation sites (tertiary alicyclic amines) is 1. The lowest BCUT2D eigenvalue weighted by molar-refractivity contribution is 0.334. The van der Waals surface area contributed by atoms with Crippen molar-refractivity contribution in [1.82, 2.24) is 4.90 Å². The van der Waals surface area contributed by atoms with Gasteiger partial charge in [-0.3, -0.25) is 0 Å². The monoisotopic (exact) mass is 261 g/mol. The van der Waals surface area contributed by atoms with Crippen molar-refractivity contribution >= 4 is 0 Å². The van der Waals surface area contributed by atoms with Gasteiger partial charge >= 0.3 is 0 Å². The quantitative estimate of drug-likeness (QED) is 0.731. The first-order valence-electron chi connectivity index (χ1n) is 8.07. The average Bonchev–Trinajstić information content (AvgIpc) is 2.95. The van der Waals surface area contributed by atoms with E-state index in [-0.39, 0.29) is 0 Å². The number of rotatable bonds is 5. The highest BCUT2D eigenvalue weighted by Gasteiger charge is 2.10. The summed E-state index contributed by atoms with van der Waals surface area (Å²) in [6.07, 6.45) is 5.35. The van der Waals surface area contributed by atoms with E-state index in [0.717, 1.165) is 0 Å². The molecule has 1 heterocycles. The van der Waals surface area contributed by atoms with Crippen LogP contribution in [0.2, 0.25) is 0 Å². The first kappa shape index (κ1) is 16.2. The second-order valence-corrected chi connectivity index (χ2v) is 5.55. The predicted octanol–water partition coefficient (Wildman–Crippen LogP) is 4.86. The Morgan fingerprint density at radius 1 is 1.00 bits per heavy atom. The fourth-order valence-corrected chi connectivity index (χ4v) is 2.58. The van der Waals surface area contributed by atoms with Crippen molar-refractivity contribution in [2.45, 2.75) is 59.3 Å². The summed E-state index contributed by atoms with van der Waals surface area (Å²) < 4.78 is 0. The maximum Gasteiger partial charge on any atom is -0.00156 e. The van der Waals surface area contributed by atoms with Gasteiger partial charge in [0.05, 0.1) is 0 Å². The van der Waals surface area contributed by atoms with Gasteiger partial charge < -0.3 is 4.90 Å². The molecule has 1 nitrogen and oxygen atoms in total. The molecule has 0 amide bonds. The molecule has 0 bridgehead atoms. The molecule has 0 N–H and O–H groups in total. The summed E-state index contributed by atoms with van der Waals surface area (Å²) in [7, 11) is 0. The molecule has 1 saturated heterocycles. The number of benzene rings is 1. The fraction of sp³-hybridized carbons (Fsp3) is 0.667. The van der Waals surface area contributed by atoms with Crippen molar-refractivity contribution in [1.29, 1.82) is 0 Å². The van der Waals surface area contributed by atoms with Crippen molar-refractivity contribution in [3.63, 3.8) is 0 Å². The van der Waals surface area contributed by atoms with Gasteiger partial charge in [-0.1, -0.05) is 52.0 Å². The molecular weight excluding hydrogens is 230 g/mol. The molecule has 108 valence electrons. The topological polar surface area (TPSA) is 3.24 Å². The Balaban J connectivity index is 0.000000861. The van der Waals surface area contributed by atoms with E-state index in [1.54, 1.807) is 0 Å². The first-order valence-corrected chi connectivity index (χ1v) is 8.07. The Hall–Kier alpha value is -0.820. The van der Waals surface area contributed by atoms with Gasteiger partial charge in [0.15, 0.2) is 0 Å². The zero-order valence-corrected chi connectivity index (χ0v) is 13.3. The number of aryl methyl sites for hydroxylation is 1. The molecule has 0 radical (unpaired) electrons. The van der Waals surface area contributed by atoms with E-state index in [0.29, 0.717) is 5.92 Å². The molecule has 0 spiro atoms. The highest BCUT2D eigenvalue weighted by molar-refractivity contribution is 5.24. The van der Waals surface area contributed by atoms with Crippen LogP contribution < -0.4 is 0 Å². The van der Waals surface area contributed by atoms with Gasteiger partial charge in [0.1, 0.15) is 0 Å². The maximum atomic E-state index is 2.60. The number of hydrogen-bond donors (Lipinski definition) is 0. The van der Waals surface area contributed by atoms with Gasteiger partial charge in [-0.2, -0.15) is 0 Å². The molecule has 0 unspecified atom stereocenters. The molecule has 0 aromatic heterocycles. The van der Waals surface area contributed by atoms with Crippen LogP contribution in [0, 0.1) is 0 Å². The van der Waals surface area contributed by atoms with Crippen LogP contribution in [-0.4, -0.2) is 24.5 Å². The molecule has 2 rings (SSSR count). The van der Waals surface area contributed by atoms with E-state index in [2.05, 4.69) is 43.0 Å². The zero-order chi connectivity index (χ0) is 14.1. The second-order valence-electron chi connectivity index (χ2n) is 5.55. The molecule has 1 fully saturated rings. The van der Waals surface area contributed by atoms with Crippen LogP contribution in [0.3, 0.4) is 0 Å². The lowest BCUT2D eigenvalue weighted by Crippen LogP contribution is -2.20. The minimum Gasteiger partial charge on any atom is -0.303 e. The predicted molar refractivity (Wildman–Crippen MR) is 85.9 cm³/mol. The molecular formula is C18H31N. The van der Waals surface area contributed by atoms with Crippen LogP contribution in [0.25, 0.3) is 0 Å². The number of nitrogens with zero attached hydrogens (tertiary/aromatic N) is 1. The summed E-state index contributed by atoms with van der Waals surface area (Å²) in [4.78, 5) is 2.60. The Morgan fingerprint density at radius 3 is 2.11 bits per heavy atom. The first-order chi connectivity index (χ1) is 9.25. The average molecular weight is 261 g/mol. The highest BCUT2D eigenvalue weighted by atomic mass is 15.1. The summed E-state index contributed by atoms with van der Waals surface area (Å²) in [5, 5.41) is 0. The zero-order valence-electron chi connectivity index (χ0n) is 13.3. The van der Waals surface area contributed by atoms with Crippen molar-refractivity contribution in [3.05, 3.63) is 35.4 Å². The number of hydrogen-bond acceptors (Lipinski definition) is 1. The normalized spacial score (nSPS) is 15.4. The third kappa shape index (κ3) is 5.78. The smallest absolute Gasteiger partial charge is 0.00156 e. The molecule has 0 saturated carbocycles. The van der Waals surface area contributed by atoms with Crippen LogP contribution in [-0.2, 0) is 6.42 Å². The van der Waals surface area contributed by atoms with Gasteiger partial charge in [0.25, 0.3) is 0 Å². The van der Waals surface area contributed by atoms with Crippen LogP contribution in [0.4, 0.5) is 0 Å². The van der Waals surface area contributed by atoms with Gasteiger partial charge in [0.2, 0.25) is 0 Å². The van der Waals surface area contributed by atoms with Crippen molar-refractivity contribution in [3.8, 4) is 0 Å². The van der Waals surface area contributed by atoms with E-state index >= 15 is 0 Å². The SMILES string of the molecule is CC.CC(C)c1ccc(CCCN2CCCC2)cc1. The van der Waals surface area contributed by atoms with Gasteiger partial charge in [-0.15, -0.1) is 0 Å². The summed E-state index contributed by atoms with van der Waals surface area (Å²) in [6.45, 7) is 12.4. The van der Waals surface area contributed by atoms with Crippen molar-refractivity contribution < 1.29 is 0 Å². The van der Waals surface area contributed by atoms with E-state index < -0.39 is 0 Å². The van der Waals surface area contributed by atoms with E-state index in [1.807, 2.05) is 13.8 Å². The lowest BCUT2D eigenvalue weighted by Gasteiger charge is -2.14. The van der Waals surface area contributed by atoms with Crippen molar-refractivity contribution in [2.24, 2.45) is 0 Å². The fourth-order valence-electron chi connectivity index (χ4n) is 2.58. The molecule has 0 aliphatic carbocycles. The summed E-state index contributed by atoms with van der Waals surface area (Å²) in [5.74, 6) is 0.647. The lowest BCUT2D eigenvalue weighted by atomic mass is 10.0. The van der Waals surface area contributed by atoms with E-state index in [1.165, 1.54) is 56.4 Å². The summed E-state index contributed by atoms with van der Waals surface area (Å²) in [6, 6.07) is 9.18. The van der Waals surface area contributed by atoms with Crippen LogP contribution in [0.1, 0.15) is 64.0 Å². The summed E-state index contributed by atoms with van der Waals surface area (Å²) >= 11 is 0. The van der Waals surface area contributed by atoms with Gasteiger partial charge in [-0.05, 0) is 62.4 Å². The summed E-state index contributed by atoms with van der Waals surface area (Å²) in [5.41, 5.74) is 2.95. The second kappa shape index (κ2) is 9.14. The van der Waals surface area contributed by atoms with Gasteiger partial charge in [-0.25, -0.2) is 0 Å². The van der Waals surface area contributed by atoms with Crippen molar-refractivity contribution in [2.75, 3.05) is 19.6 Å². The Morgan fingerprint density at radius 2 is 1.58 bits per heavy atom. The molecule has 1 aromatic carbocycles. The molecule has 1 aliphatic rings. The van der Waals surface area contributed by atoms with E-state index in [9.17, 15) is 0 Å². The minimum absolute atomic E-state index is 0.647. The molecule has 1 aromatic rings. The molecule has 0 atom stereocenters. The Bertz CT molecular complexity index is 320. The molecule has 1 aliphatic heterocycles. The van der Waals surface area contributed by atoms with E-state index in [4.69, 9.17) is 0 Å². The van der Waals surface area contributed by atoms with Crippen LogP contribution >= 0.6 is 0 Å². The standard InChI is InChI=1S/C16H25N.C2H6/c1-14(2)16-9-7-15(8-10-16)6-5-13-17-11-3-4-12-17;1-2/h7-10,14H,3-6,11-13H2,1-2H3;1-2H3. The third-order valence-corrected chi connectivity index (χ3v) is 3.78. The Kier molecular flexibility index (Phi) is 7.81. The van der Waals surface area contributed by atoms with Crippen LogP contribution in [0.15, 0.2) is 24.3 Å². The van der Waals surface area contributed by atoms with Crippen LogP contribution in [0.5, 0.6) is 0 Å².